The van der Waals surface area contributed by atoms with E-state index in [4.69, 9.17) is 4.74 Å². The van der Waals surface area contributed by atoms with Crippen molar-refractivity contribution in [1.82, 2.24) is 5.32 Å². The van der Waals surface area contributed by atoms with Crippen LogP contribution in [0.15, 0.2) is 18.2 Å². The monoisotopic (exact) mass is 262 g/mol. The molecule has 0 aliphatic carbocycles. The van der Waals surface area contributed by atoms with E-state index in [1.807, 2.05) is 6.92 Å². The fourth-order valence-corrected chi connectivity index (χ4v) is 1.56. The van der Waals surface area contributed by atoms with E-state index in [0.717, 1.165) is 12.1 Å². The molecular formula is C14H18N2O3. The van der Waals surface area contributed by atoms with E-state index in [0.29, 0.717) is 25.3 Å². The summed E-state index contributed by atoms with van der Waals surface area (Å²) < 4.78 is 5.61. The summed E-state index contributed by atoms with van der Waals surface area (Å²) in [5, 5.41) is 13.9. The number of nitrogens with one attached hydrogen (secondary N) is 1. The van der Waals surface area contributed by atoms with E-state index in [2.05, 4.69) is 17.2 Å². The number of nitro benzene ring substituents is 1. The Bertz CT molecular complexity index is 489. The molecule has 1 aromatic carbocycles. The van der Waals surface area contributed by atoms with E-state index in [1.165, 1.54) is 6.07 Å². The summed E-state index contributed by atoms with van der Waals surface area (Å²) in [7, 11) is 0. The van der Waals surface area contributed by atoms with Crippen molar-refractivity contribution >= 4 is 5.69 Å². The molecule has 0 fully saturated rings. The van der Waals surface area contributed by atoms with Gasteiger partial charge in [-0.1, -0.05) is 6.92 Å². The standard InChI is InChI=1S/C14H18N2O3/c1-3-5-6-9-19-14-8-7-13(16(17)18)10-12(14)11-15-4-2/h7-8,10,15H,4,6,9,11H2,1-2H3. The summed E-state index contributed by atoms with van der Waals surface area (Å²) in [5.41, 5.74) is 0.870. The molecule has 1 aromatic rings. The third kappa shape index (κ3) is 4.98. The van der Waals surface area contributed by atoms with E-state index in [-0.39, 0.29) is 5.69 Å². The van der Waals surface area contributed by atoms with Crippen LogP contribution >= 0.6 is 0 Å². The first-order chi connectivity index (χ1) is 9.19. The van der Waals surface area contributed by atoms with Crippen LogP contribution in [0.2, 0.25) is 0 Å². The van der Waals surface area contributed by atoms with Gasteiger partial charge in [-0.2, -0.15) is 0 Å². The fraction of sp³-hybridized carbons (Fsp3) is 0.429. The molecule has 0 atom stereocenters. The molecule has 0 spiro atoms. The van der Waals surface area contributed by atoms with E-state index in [1.54, 1.807) is 19.1 Å². The molecule has 5 heteroatoms. The van der Waals surface area contributed by atoms with Crippen molar-refractivity contribution in [3.8, 4) is 17.6 Å². The van der Waals surface area contributed by atoms with Gasteiger partial charge >= 0.3 is 0 Å². The maximum Gasteiger partial charge on any atom is 0.270 e. The van der Waals surface area contributed by atoms with Gasteiger partial charge in [-0.25, -0.2) is 0 Å². The Morgan fingerprint density at radius 2 is 2.26 bits per heavy atom. The Morgan fingerprint density at radius 1 is 1.47 bits per heavy atom. The predicted molar refractivity (Wildman–Crippen MR) is 74.0 cm³/mol. The van der Waals surface area contributed by atoms with E-state index >= 15 is 0 Å². The summed E-state index contributed by atoms with van der Waals surface area (Å²) in [6.45, 7) is 5.59. The van der Waals surface area contributed by atoms with Crippen molar-refractivity contribution in [2.45, 2.75) is 26.8 Å². The third-order valence-corrected chi connectivity index (χ3v) is 2.48. The van der Waals surface area contributed by atoms with E-state index in [9.17, 15) is 10.1 Å². The highest BCUT2D eigenvalue weighted by atomic mass is 16.6. The van der Waals surface area contributed by atoms with Crippen molar-refractivity contribution in [3.05, 3.63) is 33.9 Å². The first-order valence-electron chi connectivity index (χ1n) is 6.19. The molecular weight excluding hydrogens is 244 g/mol. The van der Waals surface area contributed by atoms with Gasteiger partial charge < -0.3 is 10.1 Å². The lowest BCUT2D eigenvalue weighted by Crippen LogP contribution is -2.13. The molecule has 0 heterocycles. The van der Waals surface area contributed by atoms with Crippen molar-refractivity contribution in [1.29, 1.82) is 0 Å². The number of non-ortho nitro benzene ring substituents is 1. The molecule has 1 rings (SSSR count). The van der Waals surface area contributed by atoms with Gasteiger partial charge in [0.25, 0.3) is 5.69 Å². The average Bonchev–Trinajstić information content (AvgIpc) is 2.41. The largest absolute Gasteiger partial charge is 0.492 e. The molecule has 102 valence electrons. The Labute approximate surface area is 113 Å². The Balaban J connectivity index is 2.81. The maximum atomic E-state index is 10.8. The van der Waals surface area contributed by atoms with Crippen LogP contribution in [0, 0.1) is 22.0 Å². The number of ether oxygens (including phenoxy) is 1. The third-order valence-electron chi connectivity index (χ3n) is 2.48. The highest BCUT2D eigenvalue weighted by Crippen LogP contribution is 2.24. The summed E-state index contributed by atoms with van der Waals surface area (Å²) in [6.07, 6.45) is 0.647. The Hall–Kier alpha value is -2.06. The number of nitrogens with zero attached hydrogens (tertiary/aromatic N) is 1. The second-order valence-corrected chi connectivity index (χ2v) is 3.85. The van der Waals surface area contributed by atoms with Crippen LogP contribution in [-0.2, 0) is 6.54 Å². The normalized spacial score (nSPS) is 9.58. The zero-order chi connectivity index (χ0) is 14.1. The van der Waals surface area contributed by atoms with Crippen LogP contribution in [0.4, 0.5) is 5.69 Å². The van der Waals surface area contributed by atoms with Crippen LogP contribution in [-0.4, -0.2) is 18.1 Å². The molecule has 0 saturated carbocycles. The molecule has 0 bridgehead atoms. The number of benzene rings is 1. The molecule has 0 aliphatic rings. The Morgan fingerprint density at radius 3 is 2.89 bits per heavy atom. The highest BCUT2D eigenvalue weighted by Gasteiger charge is 2.11. The fourth-order valence-electron chi connectivity index (χ4n) is 1.56. The van der Waals surface area contributed by atoms with Gasteiger partial charge in [0.15, 0.2) is 0 Å². The van der Waals surface area contributed by atoms with Crippen LogP contribution in [0.5, 0.6) is 5.75 Å². The molecule has 0 unspecified atom stereocenters. The van der Waals surface area contributed by atoms with Gasteiger partial charge in [0.2, 0.25) is 0 Å². The zero-order valence-electron chi connectivity index (χ0n) is 11.2. The van der Waals surface area contributed by atoms with Gasteiger partial charge in [0.1, 0.15) is 5.75 Å². The van der Waals surface area contributed by atoms with Gasteiger partial charge in [-0.15, -0.1) is 11.8 Å². The number of hydrogen-bond acceptors (Lipinski definition) is 4. The smallest absolute Gasteiger partial charge is 0.270 e. The highest BCUT2D eigenvalue weighted by molar-refractivity contribution is 5.43. The minimum atomic E-state index is -0.401. The lowest BCUT2D eigenvalue weighted by molar-refractivity contribution is -0.384. The number of hydrogen-bond donors (Lipinski definition) is 1. The Kier molecular flexibility index (Phi) is 6.41. The second kappa shape index (κ2) is 8.11. The summed E-state index contributed by atoms with van der Waals surface area (Å²) in [6, 6.07) is 4.64. The zero-order valence-corrected chi connectivity index (χ0v) is 11.2. The topological polar surface area (TPSA) is 64.4 Å². The van der Waals surface area contributed by atoms with Gasteiger partial charge in [0, 0.05) is 30.7 Å². The van der Waals surface area contributed by atoms with Gasteiger partial charge in [0.05, 0.1) is 11.5 Å². The van der Waals surface area contributed by atoms with Crippen LogP contribution < -0.4 is 10.1 Å². The van der Waals surface area contributed by atoms with Crippen LogP contribution in [0.1, 0.15) is 25.8 Å². The average molecular weight is 262 g/mol. The minimum Gasteiger partial charge on any atom is -0.492 e. The quantitative estimate of drug-likeness (QED) is 0.355. The molecule has 5 nitrogen and oxygen atoms in total. The molecule has 0 aromatic heterocycles. The molecule has 1 N–H and O–H groups in total. The van der Waals surface area contributed by atoms with Crippen molar-refractivity contribution in [2.24, 2.45) is 0 Å². The summed E-state index contributed by atoms with van der Waals surface area (Å²) in [5.74, 6) is 6.38. The maximum absolute atomic E-state index is 10.8. The first kappa shape index (κ1) is 15.0. The van der Waals surface area contributed by atoms with Crippen LogP contribution in [0.25, 0.3) is 0 Å². The minimum absolute atomic E-state index is 0.0774. The summed E-state index contributed by atoms with van der Waals surface area (Å²) >= 11 is 0. The summed E-state index contributed by atoms with van der Waals surface area (Å²) in [4.78, 5) is 10.4. The molecule has 0 aliphatic heterocycles. The molecule has 0 radical (unpaired) electrons. The van der Waals surface area contributed by atoms with Crippen molar-refractivity contribution in [2.75, 3.05) is 13.2 Å². The van der Waals surface area contributed by atoms with Gasteiger partial charge in [-0.05, 0) is 19.5 Å². The molecule has 19 heavy (non-hydrogen) atoms. The van der Waals surface area contributed by atoms with Crippen molar-refractivity contribution < 1.29 is 9.66 Å². The number of rotatable bonds is 7. The lowest BCUT2D eigenvalue weighted by Gasteiger charge is -2.10. The molecule has 0 saturated heterocycles. The number of nitro groups is 1. The SMILES string of the molecule is CC#CCCOc1ccc([N+](=O)[O-])cc1CNCC. The van der Waals surface area contributed by atoms with E-state index < -0.39 is 4.92 Å². The molecule has 0 amide bonds. The van der Waals surface area contributed by atoms with Crippen molar-refractivity contribution in [3.63, 3.8) is 0 Å². The predicted octanol–water partition coefficient (Wildman–Crippen LogP) is 2.50. The van der Waals surface area contributed by atoms with Gasteiger partial charge in [-0.3, -0.25) is 10.1 Å². The van der Waals surface area contributed by atoms with Crippen LogP contribution in [0.3, 0.4) is 0 Å². The first-order valence-corrected chi connectivity index (χ1v) is 6.19. The lowest BCUT2D eigenvalue weighted by atomic mass is 10.1. The second-order valence-electron chi connectivity index (χ2n) is 3.85.